The first-order valence-corrected chi connectivity index (χ1v) is 6.41. The highest BCUT2D eigenvalue weighted by Gasteiger charge is 2.09. The number of ether oxygens (including phenoxy) is 2. The maximum atomic E-state index is 11.2. The van der Waals surface area contributed by atoms with Gasteiger partial charge in [0, 0.05) is 40.0 Å². The molecular weight excluding hydrogens is 246 g/mol. The molecule has 0 radical (unpaired) electrons. The lowest BCUT2D eigenvalue weighted by molar-refractivity contribution is -0.141. The Labute approximate surface area is 114 Å². The number of esters is 1. The van der Waals surface area contributed by atoms with E-state index in [2.05, 4.69) is 14.7 Å². The molecule has 1 aromatic rings. The predicted molar refractivity (Wildman–Crippen MR) is 71.9 cm³/mol. The van der Waals surface area contributed by atoms with Crippen molar-refractivity contribution in [2.24, 2.45) is 7.05 Å². The number of carbonyl (C=O) groups excluding carboxylic acids is 1. The summed E-state index contributed by atoms with van der Waals surface area (Å²) in [5, 5.41) is 4.14. The molecule has 0 aromatic carbocycles. The zero-order valence-corrected chi connectivity index (χ0v) is 12.0. The Morgan fingerprint density at radius 3 is 2.74 bits per heavy atom. The molecule has 0 aliphatic heterocycles. The Bertz CT molecular complexity index is 379. The van der Waals surface area contributed by atoms with Crippen LogP contribution in [-0.4, -0.2) is 61.1 Å². The van der Waals surface area contributed by atoms with Gasteiger partial charge in [-0.1, -0.05) is 0 Å². The van der Waals surface area contributed by atoms with Crippen molar-refractivity contribution in [1.82, 2.24) is 14.7 Å². The van der Waals surface area contributed by atoms with Gasteiger partial charge in [-0.3, -0.25) is 9.48 Å². The fourth-order valence-electron chi connectivity index (χ4n) is 1.80. The first kappa shape index (κ1) is 15.7. The van der Waals surface area contributed by atoms with Crippen LogP contribution in [0.3, 0.4) is 0 Å². The highest BCUT2D eigenvalue weighted by atomic mass is 16.5. The average Bonchev–Trinajstić information content (AvgIpc) is 2.83. The Balaban J connectivity index is 2.37. The quantitative estimate of drug-likeness (QED) is 0.610. The fourth-order valence-corrected chi connectivity index (χ4v) is 1.80. The van der Waals surface area contributed by atoms with Crippen LogP contribution in [0.15, 0.2) is 12.4 Å². The number of aryl methyl sites for hydroxylation is 1. The van der Waals surface area contributed by atoms with Crippen LogP contribution in [0, 0.1) is 0 Å². The summed E-state index contributed by atoms with van der Waals surface area (Å²) in [4.78, 5) is 13.4. The van der Waals surface area contributed by atoms with Gasteiger partial charge in [0.05, 0.1) is 26.3 Å². The first-order chi connectivity index (χ1) is 9.15. The van der Waals surface area contributed by atoms with E-state index in [1.165, 1.54) is 12.7 Å². The van der Waals surface area contributed by atoms with Crippen molar-refractivity contribution < 1.29 is 14.3 Å². The minimum absolute atomic E-state index is 0.177. The Hall–Kier alpha value is -1.40. The van der Waals surface area contributed by atoms with Crippen LogP contribution < -0.4 is 0 Å². The smallest absolute Gasteiger partial charge is 0.306 e. The molecule has 0 N–H and O–H groups in total. The lowest BCUT2D eigenvalue weighted by Gasteiger charge is -2.20. The second kappa shape index (κ2) is 8.66. The molecule has 1 heterocycles. The summed E-state index contributed by atoms with van der Waals surface area (Å²) in [5.41, 5.74) is 1.20. The van der Waals surface area contributed by atoms with E-state index in [1.54, 1.807) is 11.8 Å². The van der Waals surface area contributed by atoms with E-state index in [1.807, 2.05) is 19.4 Å². The summed E-state index contributed by atoms with van der Waals surface area (Å²) < 4.78 is 11.5. The number of carbonyl (C=O) groups is 1. The van der Waals surface area contributed by atoms with Gasteiger partial charge in [-0.15, -0.1) is 0 Å². The summed E-state index contributed by atoms with van der Waals surface area (Å²) >= 11 is 0. The lowest BCUT2D eigenvalue weighted by Crippen LogP contribution is -2.31. The van der Waals surface area contributed by atoms with Crippen LogP contribution in [0.2, 0.25) is 0 Å². The molecule has 108 valence electrons. The largest absolute Gasteiger partial charge is 0.469 e. The maximum Gasteiger partial charge on any atom is 0.306 e. The van der Waals surface area contributed by atoms with Crippen LogP contribution in [0.25, 0.3) is 0 Å². The van der Waals surface area contributed by atoms with Crippen LogP contribution in [0.5, 0.6) is 0 Å². The zero-order chi connectivity index (χ0) is 14.1. The van der Waals surface area contributed by atoms with Gasteiger partial charge in [0.2, 0.25) is 0 Å². The van der Waals surface area contributed by atoms with Crippen molar-refractivity contribution >= 4 is 5.97 Å². The molecule has 0 unspecified atom stereocenters. The van der Waals surface area contributed by atoms with Crippen molar-refractivity contribution in [2.45, 2.75) is 12.8 Å². The normalized spacial score (nSPS) is 10.9. The van der Waals surface area contributed by atoms with Gasteiger partial charge in [-0.05, 0) is 12.0 Å². The van der Waals surface area contributed by atoms with Gasteiger partial charge in [0.15, 0.2) is 0 Å². The molecule has 1 aromatic heterocycles. The molecule has 0 saturated carbocycles. The standard InChI is InChI=1S/C13H23N3O3/c1-15-11-12(10-14-15)4-6-16(8-9-18-2)7-5-13(17)19-3/h10-11H,4-9H2,1-3H3. The number of methoxy groups -OCH3 is 2. The summed E-state index contributed by atoms with van der Waals surface area (Å²) in [5.74, 6) is -0.177. The van der Waals surface area contributed by atoms with E-state index in [0.29, 0.717) is 19.6 Å². The Morgan fingerprint density at radius 2 is 2.16 bits per heavy atom. The average molecular weight is 269 g/mol. The van der Waals surface area contributed by atoms with Gasteiger partial charge < -0.3 is 14.4 Å². The predicted octanol–water partition coefficient (Wildman–Crippen LogP) is 0.474. The van der Waals surface area contributed by atoms with Crippen LogP contribution in [-0.2, 0) is 27.7 Å². The molecule has 0 fully saturated rings. The van der Waals surface area contributed by atoms with Crippen LogP contribution in [0.4, 0.5) is 0 Å². The first-order valence-electron chi connectivity index (χ1n) is 6.41. The fraction of sp³-hybridized carbons (Fsp3) is 0.692. The maximum absolute atomic E-state index is 11.2. The summed E-state index contributed by atoms with van der Waals surface area (Å²) in [7, 11) is 5.00. The molecule has 0 aliphatic rings. The molecule has 0 amide bonds. The third-order valence-electron chi connectivity index (χ3n) is 2.95. The minimum atomic E-state index is -0.177. The second-order valence-corrected chi connectivity index (χ2v) is 4.43. The van der Waals surface area contributed by atoms with E-state index in [-0.39, 0.29) is 5.97 Å². The van der Waals surface area contributed by atoms with Crippen molar-refractivity contribution in [3.05, 3.63) is 18.0 Å². The molecule has 0 aliphatic carbocycles. The molecule has 0 atom stereocenters. The van der Waals surface area contributed by atoms with E-state index < -0.39 is 0 Å². The molecule has 1 rings (SSSR count). The van der Waals surface area contributed by atoms with E-state index in [0.717, 1.165) is 19.5 Å². The van der Waals surface area contributed by atoms with E-state index >= 15 is 0 Å². The highest BCUT2D eigenvalue weighted by molar-refractivity contribution is 5.69. The lowest BCUT2D eigenvalue weighted by atomic mass is 10.2. The molecule has 19 heavy (non-hydrogen) atoms. The van der Waals surface area contributed by atoms with Crippen molar-refractivity contribution in [3.8, 4) is 0 Å². The third kappa shape index (κ3) is 6.35. The minimum Gasteiger partial charge on any atom is -0.469 e. The van der Waals surface area contributed by atoms with Gasteiger partial charge >= 0.3 is 5.97 Å². The van der Waals surface area contributed by atoms with Crippen molar-refractivity contribution in [2.75, 3.05) is 40.5 Å². The molecule has 6 heteroatoms. The summed E-state index contributed by atoms with van der Waals surface area (Å²) in [6, 6.07) is 0. The number of hydrogen-bond acceptors (Lipinski definition) is 5. The van der Waals surface area contributed by atoms with Gasteiger partial charge in [0.25, 0.3) is 0 Å². The van der Waals surface area contributed by atoms with E-state index in [4.69, 9.17) is 4.74 Å². The zero-order valence-electron chi connectivity index (χ0n) is 12.0. The second-order valence-electron chi connectivity index (χ2n) is 4.43. The molecule has 6 nitrogen and oxygen atoms in total. The summed E-state index contributed by atoms with van der Waals surface area (Å²) in [6.45, 7) is 3.05. The number of aromatic nitrogens is 2. The van der Waals surface area contributed by atoms with Gasteiger partial charge in [-0.2, -0.15) is 5.10 Å². The molecule has 0 spiro atoms. The molecule has 0 bridgehead atoms. The van der Waals surface area contributed by atoms with Crippen molar-refractivity contribution in [1.29, 1.82) is 0 Å². The van der Waals surface area contributed by atoms with Crippen LogP contribution in [0.1, 0.15) is 12.0 Å². The van der Waals surface area contributed by atoms with E-state index in [9.17, 15) is 4.79 Å². The molecular formula is C13H23N3O3. The van der Waals surface area contributed by atoms with Gasteiger partial charge in [0.1, 0.15) is 0 Å². The van der Waals surface area contributed by atoms with Crippen LogP contribution >= 0.6 is 0 Å². The number of nitrogens with zero attached hydrogens (tertiary/aromatic N) is 3. The Kier molecular flexibility index (Phi) is 7.14. The Morgan fingerprint density at radius 1 is 1.37 bits per heavy atom. The monoisotopic (exact) mass is 269 g/mol. The molecule has 0 saturated heterocycles. The topological polar surface area (TPSA) is 56.6 Å². The number of hydrogen-bond donors (Lipinski definition) is 0. The third-order valence-corrected chi connectivity index (χ3v) is 2.95. The SMILES string of the molecule is COCCN(CCC(=O)OC)CCc1cnn(C)c1. The highest BCUT2D eigenvalue weighted by Crippen LogP contribution is 2.01. The number of rotatable bonds is 9. The summed E-state index contributed by atoms with van der Waals surface area (Å²) in [6.07, 6.45) is 5.20. The van der Waals surface area contributed by atoms with Gasteiger partial charge in [-0.25, -0.2) is 0 Å². The van der Waals surface area contributed by atoms with Crippen molar-refractivity contribution in [3.63, 3.8) is 0 Å².